The average molecular weight is 354 g/mol. The van der Waals surface area contributed by atoms with Crippen molar-refractivity contribution in [3.8, 4) is 0 Å². The number of benzene rings is 1. The van der Waals surface area contributed by atoms with Gasteiger partial charge in [-0.15, -0.1) is 0 Å². The largest absolute Gasteiger partial charge is 0.456 e. The first-order valence-corrected chi connectivity index (χ1v) is 7.63. The van der Waals surface area contributed by atoms with E-state index in [1.54, 1.807) is 24.3 Å². The number of imide groups is 1. The summed E-state index contributed by atoms with van der Waals surface area (Å²) >= 11 is 5.90. The number of amides is 4. The second kappa shape index (κ2) is 8.30. The van der Waals surface area contributed by atoms with E-state index in [0.717, 1.165) is 4.90 Å². The van der Waals surface area contributed by atoms with E-state index in [-0.39, 0.29) is 31.8 Å². The maximum absolute atomic E-state index is 11.7. The molecule has 1 aliphatic heterocycles. The van der Waals surface area contributed by atoms with Crippen LogP contribution < -0.4 is 10.6 Å². The molecule has 0 saturated carbocycles. The number of nitrogens with one attached hydrogen (secondary N) is 2. The first kappa shape index (κ1) is 17.7. The smallest absolute Gasteiger partial charge is 0.324 e. The molecule has 1 fully saturated rings. The Morgan fingerprint density at radius 2 is 2.04 bits per heavy atom. The van der Waals surface area contributed by atoms with E-state index < -0.39 is 24.5 Å². The van der Waals surface area contributed by atoms with Crippen molar-refractivity contribution in [2.75, 3.05) is 25.0 Å². The summed E-state index contributed by atoms with van der Waals surface area (Å²) in [6.07, 6.45) is 0.264. The highest BCUT2D eigenvalue weighted by Crippen LogP contribution is 2.20. The van der Waals surface area contributed by atoms with Crippen molar-refractivity contribution in [2.45, 2.75) is 12.8 Å². The van der Waals surface area contributed by atoms with Gasteiger partial charge >= 0.3 is 12.0 Å². The summed E-state index contributed by atoms with van der Waals surface area (Å²) < 4.78 is 4.84. The molecule has 128 valence electrons. The molecule has 2 N–H and O–H groups in total. The lowest BCUT2D eigenvalue weighted by Gasteiger charge is -2.11. The molecule has 24 heavy (non-hydrogen) atoms. The fourth-order valence-corrected chi connectivity index (χ4v) is 2.21. The van der Waals surface area contributed by atoms with Gasteiger partial charge in [0.1, 0.15) is 0 Å². The summed E-state index contributed by atoms with van der Waals surface area (Å²) in [4.78, 5) is 46.9. The Balaban J connectivity index is 1.66. The van der Waals surface area contributed by atoms with Crippen LogP contribution in [0.25, 0.3) is 0 Å². The molecule has 0 bridgehead atoms. The minimum absolute atomic E-state index is 0.00354. The van der Waals surface area contributed by atoms with Crippen molar-refractivity contribution in [1.82, 2.24) is 10.2 Å². The number of hydrogen-bond acceptors (Lipinski definition) is 5. The van der Waals surface area contributed by atoms with Crippen LogP contribution in [-0.2, 0) is 19.1 Å². The highest BCUT2D eigenvalue weighted by atomic mass is 35.5. The first-order chi connectivity index (χ1) is 11.5. The summed E-state index contributed by atoms with van der Waals surface area (Å²) in [5.74, 6) is -1.42. The quantitative estimate of drug-likeness (QED) is 0.565. The third kappa shape index (κ3) is 4.95. The summed E-state index contributed by atoms with van der Waals surface area (Å²) in [6.45, 7) is -0.329. The number of rotatable bonds is 7. The van der Waals surface area contributed by atoms with E-state index in [1.807, 2.05) is 0 Å². The summed E-state index contributed by atoms with van der Waals surface area (Å²) in [5.41, 5.74) is 0.429. The zero-order chi connectivity index (χ0) is 17.5. The molecule has 0 radical (unpaired) electrons. The highest BCUT2D eigenvalue weighted by molar-refractivity contribution is 6.33. The lowest BCUT2D eigenvalue weighted by Crippen LogP contribution is -2.32. The number of carbonyl (C=O) groups is 4. The van der Waals surface area contributed by atoms with Gasteiger partial charge in [-0.1, -0.05) is 23.7 Å². The Morgan fingerprint density at radius 3 is 2.71 bits per heavy atom. The molecular formula is C15H16ClN3O5. The van der Waals surface area contributed by atoms with E-state index >= 15 is 0 Å². The van der Waals surface area contributed by atoms with Crippen LogP contribution in [0, 0.1) is 0 Å². The summed E-state index contributed by atoms with van der Waals surface area (Å²) in [5, 5.41) is 5.29. The number of anilines is 1. The second-order valence-corrected chi connectivity index (χ2v) is 5.40. The fraction of sp³-hybridized carbons (Fsp3) is 0.333. The van der Waals surface area contributed by atoms with E-state index in [4.69, 9.17) is 16.3 Å². The van der Waals surface area contributed by atoms with Crippen LogP contribution in [0.2, 0.25) is 5.02 Å². The SMILES string of the molecule is O=C(COC(=O)CCCN1C(=O)CNC1=O)Nc1ccccc1Cl. The highest BCUT2D eigenvalue weighted by Gasteiger charge is 2.27. The van der Waals surface area contributed by atoms with Gasteiger partial charge < -0.3 is 15.4 Å². The van der Waals surface area contributed by atoms with Crippen LogP contribution >= 0.6 is 11.6 Å². The maximum Gasteiger partial charge on any atom is 0.324 e. The van der Waals surface area contributed by atoms with Crippen molar-refractivity contribution >= 4 is 41.1 Å². The number of carbonyl (C=O) groups excluding carboxylic acids is 4. The number of ether oxygens (including phenoxy) is 1. The third-order valence-corrected chi connectivity index (χ3v) is 3.54. The Hall–Kier alpha value is -2.61. The van der Waals surface area contributed by atoms with Gasteiger partial charge in [-0.05, 0) is 18.6 Å². The van der Waals surface area contributed by atoms with Gasteiger partial charge in [-0.3, -0.25) is 19.3 Å². The Morgan fingerprint density at radius 1 is 1.29 bits per heavy atom. The van der Waals surface area contributed by atoms with Gasteiger partial charge in [0, 0.05) is 13.0 Å². The molecule has 4 amide bonds. The van der Waals surface area contributed by atoms with Crippen LogP contribution in [-0.4, -0.2) is 48.4 Å². The van der Waals surface area contributed by atoms with Crippen LogP contribution in [0.3, 0.4) is 0 Å². The standard InChI is InChI=1S/C15H16ClN3O5/c16-10-4-1-2-5-11(10)18-12(20)9-24-14(22)6-3-7-19-13(21)8-17-15(19)23/h1-2,4-5H,3,6-9H2,(H,17,23)(H,18,20). The van der Waals surface area contributed by atoms with Crippen LogP contribution in [0.4, 0.5) is 10.5 Å². The Labute approximate surface area is 143 Å². The molecular weight excluding hydrogens is 338 g/mol. The third-order valence-electron chi connectivity index (χ3n) is 3.21. The zero-order valence-electron chi connectivity index (χ0n) is 12.7. The second-order valence-electron chi connectivity index (χ2n) is 5.00. The Bertz CT molecular complexity index is 648. The number of halogens is 1. The fourth-order valence-electron chi connectivity index (χ4n) is 2.03. The minimum Gasteiger partial charge on any atom is -0.456 e. The van der Waals surface area contributed by atoms with Crippen molar-refractivity contribution in [3.05, 3.63) is 29.3 Å². The number of hydrogen-bond donors (Lipinski definition) is 2. The molecule has 9 heteroatoms. The Kier molecular flexibility index (Phi) is 6.14. The molecule has 2 rings (SSSR count). The molecule has 1 saturated heterocycles. The van der Waals surface area contributed by atoms with Crippen LogP contribution in [0.5, 0.6) is 0 Å². The summed E-state index contributed by atoms with van der Waals surface area (Å²) in [7, 11) is 0. The molecule has 0 spiro atoms. The predicted octanol–water partition coefficient (Wildman–Crippen LogP) is 1.15. The number of para-hydroxylation sites is 1. The molecule has 1 heterocycles. The van der Waals surface area contributed by atoms with Gasteiger partial charge in [-0.2, -0.15) is 0 Å². The van der Waals surface area contributed by atoms with Crippen molar-refractivity contribution in [2.24, 2.45) is 0 Å². The maximum atomic E-state index is 11.7. The minimum atomic E-state index is -0.587. The first-order valence-electron chi connectivity index (χ1n) is 7.25. The normalized spacial score (nSPS) is 13.6. The molecule has 0 aliphatic carbocycles. The molecule has 1 aliphatic rings. The molecule has 0 aromatic heterocycles. The predicted molar refractivity (Wildman–Crippen MR) is 85.4 cm³/mol. The summed E-state index contributed by atoms with van der Waals surface area (Å²) in [6, 6.07) is 6.22. The van der Waals surface area contributed by atoms with E-state index in [0.29, 0.717) is 10.7 Å². The molecule has 8 nitrogen and oxygen atoms in total. The molecule has 0 unspecified atom stereocenters. The number of nitrogens with zero attached hydrogens (tertiary/aromatic N) is 1. The van der Waals surface area contributed by atoms with E-state index in [2.05, 4.69) is 10.6 Å². The van der Waals surface area contributed by atoms with E-state index in [9.17, 15) is 19.2 Å². The number of urea groups is 1. The topological polar surface area (TPSA) is 105 Å². The number of esters is 1. The van der Waals surface area contributed by atoms with Gasteiger partial charge in [0.05, 0.1) is 17.3 Å². The van der Waals surface area contributed by atoms with Crippen LogP contribution in [0.1, 0.15) is 12.8 Å². The van der Waals surface area contributed by atoms with E-state index in [1.165, 1.54) is 0 Å². The zero-order valence-corrected chi connectivity index (χ0v) is 13.5. The van der Waals surface area contributed by atoms with Crippen molar-refractivity contribution in [1.29, 1.82) is 0 Å². The monoisotopic (exact) mass is 353 g/mol. The lowest BCUT2D eigenvalue weighted by atomic mass is 10.3. The van der Waals surface area contributed by atoms with Gasteiger partial charge in [-0.25, -0.2) is 4.79 Å². The van der Waals surface area contributed by atoms with Crippen LogP contribution in [0.15, 0.2) is 24.3 Å². The molecule has 0 atom stereocenters. The average Bonchev–Trinajstić information content (AvgIpc) is 2.87. The van der Waals surface area contributed by atoms with Crippen molar-refractivity contribution < 1.29 is 23.9 Å². The molecule has 1 aromatic carbocycles. The molecule has 1 aromatic rings. The van der Waals surface area contributed by atoms with Gasteiger partial charge in [0.25, 0.3) is 5.91 Å². The van der Waals surface area contributed by atoms with Crippen molar-refractivity contribution in [3.63, 3.8) is 0 Å². The lowest BCUT2D eigenvalue weighted by molar-refractivity contribution is -0.147. The van der Waals surface area contributed by atoms with Gasteiger partial charge in [0.2, 0.25) is 5.91 Å². The van der Waals surface area contributed by atoms with Gasteiger partial charge in [0.15, 0.2) is 6.61 Å².